The molecule has 18 heavy (non-hydrogen) atoms. The summed E-state index contributed by atoms with van der Waals surface area (Å²) < 4.78 is 5.45. The van der Waals surface area contributed by atoms with Crippen LogP contribution in [0.5, 0.6) is 5.75 Å². The third kappa shape index (κ3) is 4.01. The summed E-state index contributed by atoms with van der Waals surface area (Å²) >= 11 is 0. The molecule has 0 fully saturated rings. The van der Waals surface area contributed by atoms with Gasteiger partial charge in [0.2, 0.25) is 0 Å². The fraction of sp³-hybridized carbons (Fsp3) is 0.462. The lowest BCUT2D eigenvalue weighted by atomic mass is 10.0. The number of rotatable bonds is 6. The number of aliphatic carboxylic acids is 1. The number of ether oxygens (including phenoxy) is 1. The van der Waals surface area contributed by atoms with Crippen molar-refractivity contribution in [1.29, 1.82) is 0 Å². The molecule has 0 spiro atoms. The molecule has 0 bridgehead atoms. The minimum absolute atomic E-state index is 0.335. The predicted octanol–water partition coefficient (Wildman–Crippen LogP) is 1.20. The molecule has 0 aliphatic rings. The molecule has 1 aromatic carbocycles. The van der Waals surface area contributed by atoms with Crippen molar-refractivity contribution in [3.05, 3.63) is 29.8 Å². The van der Waals surface area contributed by atoms with E-state index in [1.807, 2.05) is 13.8 Å². The van der Waals surface area contributed by atoms with Gasteiger partial charge in [0.1, 0.15) is 11.9 Å². The third-order valence-electron chi connectivity index (χ3n) is 2.36. The predicted molar refractivity (Wildman–Crippen MR) is 65.4 cm³/mol. The third-order valence-corrected chi connectivity index (χ3v) is 2.36. The summed E-state index contributed by atoms with van der Waals surface area (Å²) in [6.45, 7) is 4.64. The van der Waals surface area contributed by atoms with Crippen LogP contribution in [0.3, 0.4) is 0 Å². The normalized spacial score (nSPS) is 14.3. The summed E-state index contributed by atoms with van der Waals surface area (Å²) in [5.41, 5.74) is 0.335. The maximum Gasteiger partial charge on any atom is 0.335 e. The zero-order valence-corrected chi connectivity index (χ0v) is 10.4. The van der Waals surface area contributed by atoms with Gasteiger partial charge in [0.25, 0.3) is 0 Å². The van der Waals surface area contributed by atoms with Crippen LogP contribution in [0.1, 0.15) is 25.5 Å². The molecule has 5 nitrogen and oxygen atoms in total. The Labute approximate surface area is 106 Å². The summed E-state index contributed by atoms with van der Waals surface area (Å²) in [6.07, 6.45) is -3.27. The Hall–Kier alpha value is -1.59. The second-order valence-corrected chi connectivity index (χ2v) is 4.50. The van der Waals surface area contributed by atoms with Gasteiger partial charge in [-0.05, 0) is 23.6 Å². The van der Waals surface area contributed by atoms with Crippen LogP contribution in [-0.2, 0) is 4.79 Å². The summed E-state index contributed by atoms with van der Waals surface area (Å²) in [5.74, 6) is -0.406. The quantitative estimate of drug-likeness (QED) is 0.710. The molecular formula is C13H18O5. The maximum absolute atomic E-state index is 10.5. The molecule has 2 atom stereocenters. The number of hydrogen-bond acceptors (Lipinski definition) is 4. The van der Waals surface area contributed by atoms with E-state index in [1.165, 1.54) is 12.1 Å². The molecule has 1 rings (SSSR count). The van der Waals surface area contributed by atoms with Gasteiger partial charge in [-0.1, -0.05) is 26.0 Å². The minimum atomic E-state index is -1.83. The van der Waals surface area contributed by atoms with Crippen molar-refractivity contribution in [1.82, 2.24) is 0 Å². The van der Waals surface area contributed by atoms with E-state index < -0.39 is 18.2 Å². The second kappa shape index (κ2) is 6.37. The molecule has 0 aromatic heterocycles. The van der Waals surface area contributed by atoms with E-state index in [0.717, 1.165) is 0 Å². The molecule has 100 valence electrons. The van der Waals surface area contributed by atoms with Crippen LogP contribution in [0.25, 0.3) is 0 Å². The SMILES string of the molecule is CC(C)COc1ccc(C(O)C(O)C(=O)O)cc1. The standard InChI is InChI=1S/C13H18O5/c1-8(2)7-18-10-5-3-9(4-6-10)11(14)12(15)13(16)17/h3-6,8,11-12,14-15H,7H2,1-2H3,(H,16,17). The Morgan fingerprint density at radius 1 is 1.22 bits per heavy atom. The summed E-state index contributed by atoms with van der Waals surface area (Å²) in [5, 5.41) is 27.4. The van der Waals surface area contributed by atoms with Crippen molar-refractivity contribution in [3.63, 3.8) is 0 Å². The van der Waals surface area contributed by atoms with E-state index >= 15 is 0 Å². The molecule has 0 saturated heterocycles. The van der Waals surface area contributed by atoms with Crippen molar-refractivity contribution in [2.45, 2.75) is 26.1 Å². The van der Waals surface area contributed by atoms with E-state index in [0.29, 0.717) is 23.8 Å². The van der Waals surface area contributed by atoms with Gasteiger partial charge in [-0.15, -0.1) is 0 Å². The molecule has 0 aliphatic carbocycles. The molecule has 0 saturated carbocycles. The van der Waals surface area contributed by atoms with Crippen molar-refractivity contribution in [2.75, 3.05) is 6.61 Å². The first-order chi connectivity index (χ1) is 8.41. The van der Waals surface area contributed by atoms with Crippen LogP contribution in [0.15, 0.2) is 24.3 Å². The number of carboxylic acid groups (broad SMARTS) is 1. The zero-order valence-electron chi connectivity index (χ0n) is 10.4. The molecule has 1 aromatic rings. The average molecular weight is 254 g/mol. The Morgan fingerprint density at radius 3 is 2.22 bits per heavy atom. The first-order valence-corrected chi connectivity index (χ1v) is 5.73. The lowest BCUT2D eigenvalue weighted by molar-refractivity contribution is -0.153. The number of carbonyl (C=O) groups is 1. The number of carboxylic acids is 1. The molecule has 5 heteroatoms. The summed E-state index contributed by atoms with van der Waals surface area (Å²) in [4.78, 5) is 10.5. The minimum Gasteiger partial charge on any atom is -0.493 e. The lowest BCUT2D eigenvalue weighted by Crippen LogP contribution is -2.27. The van der Waals surface area contributed by atoms with Crippen LogP contribution >= 0.6 is 0 Å². The van der Waals surface area contributed by atoms with Crippen LogP contribution in [0, 0.1) is 5.92 Å². The number of aliphatic hydroxyl groups is 2. The Morgan fingerprint density at radius 2 is 1.78 bits per heavy atom. The summed E-state index contributed by atoms with van der Waals surface area (Å²) in [6, 6.07) is 6.34. The fourth-order valence-electron chi connectivity index (χ4n) is 1.34. The van der Waals surface area contributed by atoms with Gasteiger partial charge in [-0.2, -0.15) is 0 Å². The van der Waals surface area contributed by atoms with Crippen LogP contribution in [-0.4, -0.2) is 34.0 Å². The molecule has 0 heterocycles. The smallest absolute Gasteiger partial charge is 0.335 e. The molecule has 0 aliphatic heterocycles. The number of benzene rings is 1. The second-order valence-electron chi connectivity index (χ2n) is 4.50. The molecule has 0 radical (unpaired) electrons. The zero-order chi connectivity index (χ0) is 13.7. The van der Waals surface area contributed by atoms with Gasteiger partial charge in [0, 0.05) is 0 Å². The Bertz CT molecular complexity index is 385. The van der Waals surface area contributed by atoms with E-state index in [1.54, 1.807) is 12.1 Å². The first kappa shape index (κ1) is 14.5. The van der Waals surface area contributed by atoms with Crippen LogP contribution < -0.4 is 4.74 Å². The molecule has 2 unspecified atom stereocenters. The number of hydrogen-bond donors (Lipinski definition) is 3. The van der Waals surface area contributed by atoms with E-state index in [4.69, 9.17) is 9.84 Å². The highest BCUT2D eigenvalue weighted by Gasteiger charge is 2.24. The van der Waals surface area contributed by atoms with Gasteiger partial charge in [0.15, 0.2) is 6.10 Å². The van der Waals surface area contributed by atoms with Crippen molar-refractivity contribution < 1.29 is 24.9 Å². The van der Waals surface area contributed by atoms with Crippen molar-refractivity contribution >= 4 is 5.97 Å². The highest BCUT2D eigenvalue weighted by molar-refractivity contribution is 5.73. The highest BCUT2D eigenvalue weighted by Crippen LogP contribution is 2.20. The average Bonchev–Trinajstić information content (AvgIpc) is 2.35. The lowest BCUT2D eigenvalue weighted by Gasteiger charge is -2.15. The van der Waals surface area contributed by atoms with Gasteiger partial charge in [-0.3, -0.25) is 0 Å². The molecule has 3 N–H and O–H groups in total. The molecular weight excluding hydrogens is 236 g/mol. The Balaban J connectivity index is 2.67. The van der Waals surface area contributed by atoms with Gasteiger partial charge < -0.3 is 20.1 Å². The highest BCUT2D eigenvalue weighted by atomic mass is 16.5. The monoisotopic (exact) mass is 254 g/mol. The van der Waals surface area contributed by atoms with Gasteiger partial charge >= 0.3 is 5.97 Å². The van der Waals surface area contributed by atoms with Crippen molar-refractivity contribution in [2.24, 2.45) is 5.92 Å². The maximum atomic E-state index is 10.5. The molecule has 0 amide bonds. The van der Waals surface area contributed by atoms with Crippen LogP contribution in [0.4, 0.5) is 0 Å². The van der Waals surface area contributed by atoms with Gasteiger partial charge in [-0.25, -0.2) is 4.79 Å². The fourth-order valence-corrected chi connectivity index (χ4v) is 1.34. The Kier molecular flexibility index (Phi) is 5.12. The first-order valence-electron chi connectivity index (χ1n) is 5.73. The van der Waals surface area contributed by atoms with Crippen molar-refractivity contribution in [3.8, 4) is 5.75 Å². The van der Waals surface area contributed by atoms with E-state index in [-0.39, 0.29) is 0 Å². The van der Waals surface area contributed by atoms with E-state index in [2.05, 4.69) is 0 Å². The topological polar surface area (TPSA) is 87.0 Å². The largest absolute Gasteiger partial charge is 0.493 e. The van der Waals surface area contributed by atoms with E-state index in [9.17, 15) is 15.0 Å². The van der Waals surface area contributed by atoms with Gasteiger partial charge in [0.05, 0.1) is 6.61 Å². The number of aliphatic hydroxyl groups excluding tert-OH is 2. The summed E-state index contributed by atoms with van der Waals surface area (Å²) in [7, 11) is 0. The van der Waals surface area contributed by atoms with Crippen LogP contribution in [0.2, 0.25) is 0 Å².